The van der Waals surface area contributed by atoms with Crippen LogP contribution in [0.5, 0.6) is 0 Å². The average Bonchev–Trinajstić information content (AvgIpc) is 2.29. The Morgan fingerprint density at radius 2 is 2.20 bits per heavy atom. The molecule has 0 aliphatic carbocycles. The molecule has 3 heteroatoms. The van der Waals surface area contributed by atoms with Gasteiger partial charge in [0.05, 0.1) is 0 Å². The second-order valence-corrected chi connectivity index (χ2v) is 3.47. The summed E-state index contributed by atoms with van der Waals surface area (Å²) in [6.45, 7) is 2.74. The van der Waals surface area contributed by atoms with Gasteiger partial charge in [-0.1, -0.05) is 12.1 Å². The van der Waals surface area contributed by atoms with Gasteiger partial charge < -0.3 is 15.4 Å². The first-order valence-electron chi connectivity index (χ1n) is 5.33. The fourth-order valence-corrected chi connectivity index (χ4v) is 1.41. The Labute approximate surface area is 91.8 Å². The minimum absolute atomic E-state index is 0.823. The Kier molecular flexibility index (Phi) is 5.81. The molecule has 0 bridgehead atoms. The molecule has 0 amide bonds. The molecule has 0 aliphatic heterocycles. The summed E-state index contributed by atoms with van der Waals surface area (Å²) in [6.07, 6.45) is 1.06. The minimum atomic E-state index is 0.823. The van der Waals surface area contributed by atoms with Crippen LogP contribution in [-0.2, 0) is 11.3 Å². The van der Waals surface area contributed by atoms with Gasteiger partial charge in [-0.05, 0) is 30.7 Å². The maximum Gasteiger partial charge on any atom is 0.0474 e. The minimum Gasteiger partial charge on any atom is -0.388 e. The Balaban J connectivity index is 2.24. The van der Waals surface area contributed by atoms with Gasteiger partial charge in [-0.25, -0.2) is 0 Å². The van der Waals surface area contributed by atoms with E-state index in [-0.39, 0.29) is 0 Å². The van der Waals surface area contributed by atoms with E-state index >= 15 is 0 Å². The van der Waals surface area contributed by atoms with Crippen molar-refractivity contribution in [3.63, 3.8) is 0 Å². The van der Waals surface area contributed by atoms with Crippen LogP contribution in [0.15, 0.2) is 24.3 Å². The molecule has 0 aromatic heterocycles. The number of methoxy groups -OCH3 is 1. The molecule has 0 atom stereocenters. The quantitative estimate of drug-likeness (QED) is 0.671. The third kappa shape index (κ3) is 4.81. The van der Waals surface area contributed by atoms with E-state index in [1.165, 1.54) is 5.56 Å². The zero-order chi connectivity index (χ0) is 10.9. The summed E-state index contributed by atoms with van der Waals surface area (Å²) < 4.78 is 4.98. The Morgan fingerprint density at radius 3 is 2.93 bits per heavy atom. The molecule has 3 nitrogen and oxygen atoms in total. The van der Waals surface area contributed by atoms with Crippen LogP contribution in [0.3, 0.4) is 0 Å². The Bertz CT molecular complexity index is 276. The first-order chi connectivity index (χ1) is 7.36. The molecule has 0 aliphatic rings. The molecule has 0 fully saturated rings. The standard InChI is InChI=1S/C12H20N2O/c1-13-12-6-3-5-11(9-12)10-14-7-4-8-15-2/h3,5-6,9,13-14H,4,7-8,10H2,1-2H3. The van der Waals surface area contributed by atoms with Crippen molar-refractivity contribution in [3.8, 4) is 0 Å². The molecular weight excluding hydrogens is 188 g/mol. The molecule has 0 unspecified atom stereocenters. The van der Waals surface area contributed by atoms with Crippen LogP contribution in [-0.4, -0.2) is 27.3 Å². The van der Waals surface area contributed by atoms with Crippen molar-refractivity contribution in [2.45, 2.75) is 13.0 Å². The summed E-state index contributed by atoms with van der Waals surface area (Å²) in [6, 6.07) is 8.42. The molecule has 1 aromatic rings. The van der Waals surface area contributed by atoms with Gasteiger partial charge in [-0.3, -0.25) is 0 Å². The molecule has 0 saturated carbocycles. The second-order valence-electron chi connectivity index (χ2n) is 3.47. The van der Waals surface area contributed by atoms with Crippen molar-refractivity contribution in [2.75, 3.05) is 32.6 Å². The summed E-state index contributed by atoms with van der Waals surface area (Å²) >= 11 is 0. The molecule has 0 heterocycles. The third-order valence-corrected chi connectivity index (χ3v) is 2.25. The predicted molar refractivity (Wildman–Crippen MR) is 64.2 cm³/mol. The van der Waals surface area contributed by atoms with Crippen molar-refractivity contribution >= 4 is 5.69 Å². The molecule has 15 heavy (non-hydrogen) atoms. The zero-order valence-corrected chi connectivity index (χ0v) is 9.55. The number of hydrogen-bond acceptors (Lipinski definition) is 3. The normalized spacial score (nSPS) is 10.3. The lowest BCUT2D eigenvalue weighted by atomic mass is 10.2. The lowest BCUT2D eigenvalue weighted by Crippen LogP contribution is -2.16. The lowest BCUT2D eigenvalue weighted by molar-refractivity contribution is 0.194. The van der Waals surface area contributed by atoms with Gasteiger partial charge >= 0.3 is 0 Å². The van der Waals surface area contributed by atoms with Crippen molar-refractivity contribution in [2.24, 2.45) is 0 Å². The van der Waals surface area contributed by atoms with Crippen molar-refractivity contribution in [1.82, 2.24) is 5.32 Å². The fraction of sp³-hybridized carbons (Fsp3) is 0.500. The maximum atomic E-state index is 4.98. The van der Waals surface area contributed by atoms with Gasteiger partial charge in [0.25, 0.3) is 0 Å². The van der Waals surface area contributed by atoms with Crippen LogP contribution >= 0.6 is 0 Å². The van der Waals surface area contributed by atoms with Crippen LogP contribution in [0, 0.1) is 0 Å². The summed E-state index contributed by atoms with van der Waals surface area (Å²) in [5, 5.41) is 6.51. The molecule has 0 spiro atoms. The Morgan fingerprint density at radius 1 is 1.33 bits per heavy atom. The molecule has 84 valence electrons. The van der Waals surface area contributed by atoms with Crippen LogP contribution in [0.4, 0.5) is 5.69 Å². The van der Waals surface area contributed by atoms with E-state index in [2.05, 4.69) is 34.9 Å². The highest BCUT2D eigenvalue weighted by Crippen LogP contribution is 2.09. The SMILES string of the molecule is CNc1cccc(CNCCCOC)c1. The van der Waals surface area contributed by atoms with Gasteiger partial charge in [0, 0.05) is 33.0 Å². The zero-order valence-electron chi connectivity index (χ0n) is 9.55. The smallest absolute Gasteiger partial charge is 0.0474 e. The fourth-order valence-electron chi connectivity index (χ4n) is 1.41. The van der Waals surface area contributed by atoms with Crippen LogP contribution in [0.2, 0.25) is 0 Å². The second kappa shape index (κ2) is 7.26. The summed E-state index contributed by atoms with van der Waals surface area (Å²) in [4.78, 5) is 0. The van der Waals surface area contributed by atoms with Gasteiger partial charge in [-0.15, -0.1) is 0 Å². The van der Waals surface area contributed by atoms with Crippen LogP contribution in [0.1, 0.15) is 12.0 Å². The third-order valence-electron chi connectivity index (χ3n) is 2.25. The average molecular weight is 208 g/mol. The number of ether oxygens (including phenoxy) is 1. The molecule has 2 N–H and O–H groups in total. The monoisotopic (exact) mass is 208 g/mol. The van der Waals surface area contributed by atoms with Crippen molar-refractivity contribution in [3.05, 3.63) is 29.8 Å². The summed E-state index contributed by atoms with van der Waals surface area (Å²) in [5.41, 5.74) is 2.46. The van der Waals surface area contributed by atoms with Gasteiger partial charge in [0.2, 0.25) is 0 Å². The van der Waals surface area contributed by atoms with E-state index in [0.717, 1.165) is 31.8 Å². The van der Waals surface area contributed by atoms with Crippen LogP contribution in [0.25, 0.3) is 0 Å². The van der Waals surface area contributed by atoms with E-state index in [1.807, 2.05) is 7.05 Å². The highest BCUT2D eigenvalue weighted by atomic mass is 16.5. The van der Waals surface area contributed by atoms with E-state index < -0.39 is 0 Å². The molecule has 0 saturated heterocycles. The molecule has 0 radical (unpaired) electrons. The molecule has 1 rings (SSSR count). The predicted octanol–water partition coefficient (Wildman–Crippen LogP) is 1.85. The summed E-state index contributed by atoms with van der Waals surface area (Å²) in [5.74, 6) is 0. The lowest BCUT2D eigenvalue weighted by Gasteiger charge is -2.06. The topological polar surface area (TPSA) is 33.3 Å². The first kappa shape index (κ1) is 12.0. The highest BCUT2D eigenvalue weighted by molar-refractivity contribution is 5.44. The maximum absolute atomic E-state index is 4.98. The molecule has 1 aromatic carbocycles. The number of nitrogens with one attached hydrogen (secondary N) is 2. The van der Waals surface area contributed by atoms with Gasteiger partial charge in [0.15, 0.2) is 0 Å². The Hall–Kier alpha value is -1.06. The van der Waals surface area contributed by atoms with Crippen molar-refractivity contribution in [1.29, 1.82) is 0 Å². The van der Waals surface area contributed by atoms with Gasteiger partial charge in [-0.2, -0.15) is 0 Å². The largest absolute Gasteiger partial charge is 0.388 e. The van der Waals surface area contributed by atoms with E-state index in [4.69, 9.17) is 4.74 Å². The van der Waals surface area contributed by atoms with E-state index in [1.54, 1.807) is 7.11 Å². The number of benzene rings is 1. The number of anilines is 1. The highest BCUT2D eigenvalue weighted by Gasteiger charge is 1.94. The van der Waals surface area contributed by atoms with Crippen LogP contribution < -0.4 is 10.6 Å². The number of hydrogen-bond donors (Lipinski definition) is 2. The van der Waals surface area contributed by atoms with E-state index in [0.29, 0.717) is 0 Å². The van der Waals surface area contributed by atoms with E-state index in [9.17, 15) is 0 Å². The van der Waals surface area contributed by atoms with Crippen molar-refractivity contribution < 1.29 is 4.74 Å². The molecular formula is C12H20N2O. The van der Waals surface area contributed by atoms with Gasteiger partial charge in [0.1, 0.15) is 0 Å². The summed E-state index contributed by atoms with van der Waals surface area (Å²) in [7, 11) is 3.67. The first-order valence-corrected chi connectivity index (χ1v) is 5.33. The number of rotatable bonds is 7.